The quantitative estimate of drug-likeness (QED) is 0.754. The molecule has 15 heavy (non-hydrogen) atoms. The largest absolute Gasteiger partial charge is 0.322 e. The zero-order chi connectivity index (χ0) is 11.3. The molecule has 0 amide bonds. The summed E-state index contributed by atoms with van der Waals surface area (Å²) >= 11 is 1.64. The highest BCUT2D eigenvalue weighted by Crippen LogP contribution is 2.16. The number of hydrogen-bond donors (Lipinski definition) is 1. The summed E-state index contributed by atoms with van der Waals surface area (Å²) in [5.41, 5.74) is 6.87. The Hall–Kier alpha value is -0.710. The summed E-state index contributed by atoms with van der Waals surface area (Å²) in [5, 5.41) is 3.10. The topological polar surface area (TPSA) is 42.1 Å². The Labute approximate surface area is 95.6 Å². The molecule has 1 unspecified atom stereocenters. The number of hydrogen-bond acceptors (Lipinski definition) is 4. The van der Waals surface area contributed by atoms with E-state index in [0.29, 0.717) is 0 Å². The zero-order valence-electron chi connectivity index (χ0n) is 9.44. The van der Waals surface area contributed by atoms with Crippen LogP contribution >= 0.6 is 11.3 Å². The predicted octanol–water partition coefficient (Wildman–Crippen LogP) is 2.17. The van der Waals surface area contributed by atoms with Gasteiger partial charge in [0, 0.05) is 18.5 Å². The van der Waals surface area contributed by atoms with Crippen molar-refractivity contribution in [2.45, 2.75) is 26.4 Å². The van der Waals surface area contributed by atoms with Crippen molar-refractivity contribution in [3.05, 3.63) is 28.7 Å². The van der Waals surface area contributed by atoms with E-state index >= 15 is 0 Å². The van der Waals surface area contributed by atoms with Crippen LogP contribution in [0.3, 0.4) is 0 Å². The third-order valence-corrected chi connectivity index (χ3v) is 3.27. The summed E-state index contributed by atoms with van der Waals surface area (Å²) in [6.45, 7) is 10.6. The van der Waals surface area contributed by atoms with Crippen molar-refractivity contribution in [1.82, 2.24) is 9.88 Å². The fourth-order valence-electron chi connectivity index (χ4n) is 1.32. The van der Waals surface area contributed by atoms with E-state index in [0.717, 1.165) is 30.3 Å². The molecule has 1 atom stereocenters. The van der Waals surface area contributed by atoms with Gasteiger partial charge in [0.15, 0.2) is 0 Å². The van der Waals surface area contributed by atoms with Crippen LogP contribution in [0.5, 0.6) is 0 Å². The van der Waals surface area contributed by atoms with E-state index in [4.69, 9.17) is 5.73 Å². The highest BCUT2D eigenvalue weighted by Gasteiger charge is 2.08. The fraction of sp³-hybridized carbons (Fsp3) is 0.545. The molecule has 0 aliphatic carbocycles. The summed E-state index contributed by atoms with van der Waals surface area (Å²) in [6, 6.07) is 0.0400. The molecule has 0 bridgehead atoms. The maximum absolute atomic E-state index is 5.77. The number of aromatic nitrogens is 1. The van der Waals surface area contributed by atoms with Gasteiger partial charge in [0.1, 0.15) is 5.01 Å². The molecule has 1 aromatic rings. The van der Waals surface area contributed by atoms with Gasteiger partial charge in [-0.3, -0.25) is 4.90 Å². The first-order valence-corrected chi connectivity index (χ1v) is 6.08. The third-order valence-electron chi connectivity index (χ3n) is 2.18. The summed E-state index contributed by atoms with van der Waals surface area (Å²) < 4.78 is 0. The van der Waals surface area contributed by atoms with Gasteiger partial charge >= 0.3 is 0 Å². The molecule has 0 aliphatic heterocycles. The third kappa shape index (κ3) is 3.74. The SMILES string of the molecule is C=CCN(CC)Cc1csc(C(C)N)n1. The second kappa shape index (κ2) is 6.00. The van der Waals surface area contributed by atoms with Crippen LogP contribution in [-0.2, 0) is 6.54 Å². The highest BCUT2D eigenvalue weighted by molar-refractivity contribution is 7.09. The Bertz CT molecular complexity index is 307. The van der Waals surface area contributed by atoms with Crippen LogP contribution in [0.2, 0.25) is 0 Å². The molecule has 0 aromatic carbocycles. The normalized spacial score (nSPS) is 13.1. The monoisotopic (exact) mass is 225 g/mol. The Balaban J connectivity index is 2.58. The fourth-order valence-corrected chi connectivity index (χ4v) is 2.09. The first-order chi connectivity index (χ1) is 7.17. The van der Waals surface area contributed by atoms with E-state index < -0.39 is 0 Å². The molecule has 0 aliphatic rings. The minimum atomic E-state index is 0.0400. The van der Waals surface area contributed by atoms with Gasteiger partial charge in [-0.15, -0.1) is 17.9 Å². The minimum Gasteiger partial charge on any atom is -0.322 e. The first kappa shape index (κ1) is 12.4. The highest BCUT2D eigenvalue weighted by atomic mass is 32.1. The molecule has 0 spiro atoms. The molecular formula is C11H19N3S. The van der Waals surface area contributed by atoms with Crippen LogP contribution in [0.25, 0.3) is 0 Å². The zero-order valence-corrected chi connectivity index (χ0v) is 10.3. The Morgan fingerprint density at radius 3 is 2.93 bits per heavy atom. The molecule has 0 saturated carbocycles. The lowest BCUT2D eigenvalue weighted by atomic mass is 10.3. The van der Waals surface area contributed by atoms with Crippen molar-refractivity contribution in [3.8, 4) is 0 Å². The van der Waals surface area contributed by atoms with Gasteiger partial charge < -0.3 is 5.73 Å². The summed E-state index contributed by atoms with van der Waals surface area (Å²) in [4.78, 5) is 6.78. The lowest BCUT2D eigenvalue weighted by Gasteiger charge is -2.16. The Kier molecular flexibility index (Phi) is 4.94. The average Bonchev–Trinajstić information content (AvgIpc) is 2.65. The number of nitrogens with zero attached hydrogens (tertiary/aromatic N) is 2. The van der Waals surface area contributed by atoms with E-state index in [2.05, 4.69) is 28.8 Å². The van der Waals surface area contributed by atoms with Crippen LogP contribution in [0.4, 0.5) is 0 Å². The van der Waals surface area contributed by atoms with Gasteiger partial charge in [0.05, 0.1) is 11.7 Å². The van der Waals surface area contributed by atoms with Crippen LogP contribution in [0.1, 0.15) is 30.6 Å². The molecular weight excluding hydrogens is 206 g/mol. The second-order valence-electron chi connectivity index (χ2n) is 3.58. The average molecular weight is 225 g/mol. The van der Waals surface area contributed by atoms with Crippen LogP contribution in [0.15, 0.2) is 18.0 Å². The molecule has 1 rings (SSSR count). The molecule has 3 nitrogen and oxygen atoms in total. The van der Waals surface area contributed by atoms with Crippen LogP contribution in [-0.4, -0.2) is 23.0 Å². The molecule has 84 valence electrons. The number of rotatable bonds is 6. The molecule has 2 N–H and O–H groups in total. The molecule has 4 heteroatoms. The van der Waals surface area contributed by atoms with E-state index in [9.17, 15) is 0 Å². The maximum Gasteiger partial charge on any atom is 0.109 e. The van der Waals surface area contributed by atoms with Crippen molar-refractivity contribution in [2.75, 3.05) is 13.1 Å². The molecule has 1 aromatic heterocycles. The van der Waals surface area contributed by atoms with E-state index in [1.54, 1.807) is 11.3 Å². The van der Waals surface area contributed by atoms with Gasteiger partial charge in [-0.1, -0.05) is 13.0 Å². The standard InChI is InChI=1S/C11H19N3S/c1-4-6-14(5-2)7-10-8-15-11(13-10)9(3)12/h4,8-9H,1,5-7,12H2,2-3H3. The Morgan fingerprint density at radius 1 is 1.73 bits per heavy atom. The second-order valence-corrected chi connectivity index (χ2v) is 4.47. The lowest BCUT2D eigenvalue weighted by molar-refractivity contribution is 0.308. The van der Waals surface area contributed by atoms with E-state index in [1.165, 1.54) is 0 Å². The molecule has 0 fully saturated rings. The predicted molar refractivity (Wildman–Crippen MR) is 65.9 cm³/mol. The first-order valence-electron chi connectivity index (χ1n) is 5.20. The molecule has 0 radical (unpaired) electrons. The van der Waals surface area contributed by atoms with Crippen molar-refractivity contribution in [2.24, 2.45) is 5.73 Å². The maximum atomic E-state index is 5.77. The van der Waals surface area contributed by atoms with Crippen LogP contribution < -0.4 is 5.73 Å². The number of nitrogens with two attached hydrogens (primary N) is 1. The van der Waals surface area contributed by atoms with Gasteiger partial charge in [-0.2, -0.15) is 0 Å². The van der Waals surface area contributed by atoms with Gasteiger partial charge in [-0.05, 0) is 13.5 Å². The molecule has 0 saturated heterocycles. The van der Waals surface area contributed by atoms with Gasteiger partial charge in [0.25, 0.3) is 0 Å². The van der Waals surface area contributed by atoms with Gasteiger partial charge in [0.2, 0.25) is 0 Å². The molecule has 1 heterocycles. The van der Waals surface area contributed by atoms with Gasteiger partial charge in [-0.25, -0.2) is 4.98 Å². The van der Waals surface area contributed by atoms with Crippen molar-refractivity contribution in [1.29, 1.82) is 0 Å². The Morgan fingerprint density at radius 2 is 2.47 bits per heavy atom. The number of likely N-dealkylation sites (N-methyl/N-ethyl adjacent to an activating group) is 1. The summed E-state index contributed by atoms with van der Waals surface area (Å²) in [7, 11) is 0. The van der Waals surface area contributed by atoms with Crippen molar-refractivity contribution >= 4 is 11.3 Å². The van der Waals surface area contributed by atoms with Crippen molar-refractivity contribution < 1.29 is 0 Å². The summed E-state index contributed by atoms with van der Waals surface area (Å²) in [6.07, 6.45) is 1.92. The van der Waals surface area contributed by atoms with Crippen molar-refractivity contribution in [3.63, 3.8) is 0 Å². The lowest BCUT2D eigenvalue weighted by Crippen LogP contribution is -2.22. The number of thiazole rings is 1. The van der Waals surface area contributed by atoms with Crippen LogP contribution in [0, 0.1) is 0 Å². The summed E-state index contributed by atoms with van der Waals surface area (Å²) in [5.74, 6) is 0. The van der Waals surface area contributed by atoms with E-state index in [-0.39, 0.29) is 6.04 Å². The smallest absolute Gasteiger partial charge is 0.109 e. The minimum absolute atomic E-state index is 0.0400. The van der Waals surface area contributed by atoms with E-state index in [1.807, 2.05) is 13.0 Å².